The molecule has 19 heavy (non-hydrogen) atoms. The van der Waals surface area contributed by atoms with Gasteiger partial charge in [0.25, 0.3) is 0 Å². The van der Waals surface area contributed by atoms with Gasteiger partial charge in [-0.15, -0.1) is 0 Å². The molecule has 5 heteroatoms. The minimum absolute atomic E-state index is 0.378. The molecule has 1 atom stereocenters. The Morgan fingerprint density at radius 1 is 1.37 bits per heavy atom. The van der Waals surface area contributed by atoms with Gasteiger partial charge in [-0.25, -0.2) is 9.97 Å². The van der Waals surface area contributed by atoms with Crippen molar-refractivity contribution in [2.24, 2.45) is 0 Å². The zero-order valence-electron chi connectivity index (χ0n) is 12.0. The fraction of sp³-hybridized carbons (Fsp3) is 0.714. The first kappa shape index (κ1) is 14.1. The Morgan fingerprint density at radius 3 is 2.79 bits per heavy atom. The predicted octanol–water partition coefficient (Wildman–Crippen LogP) is 1.91. The zero-order chi connectivity index (χ0) is 13.7. The molecule has 1 aromatic rings. The van der Waals surface area contributed by atoms with Gasteiger partial charge in [0.1, 0.15) is 18.0 Å². The minimum Gasteiger partial charge on any atom is -0.383 e. The van der Waals surface area contributed by atoms with Gasteiger partial charge in [-0.3, -0.25) is 0 Å². The monoisotopic (exact) mass is 263 g/mol. The number of hydrogen-bond donors (Lipinski definition) is 2. The average Bonchev–Trinajstić information content (AvgIpc) is 2.86. The van der Waals surface area contributed by atoms with Crippen molar-refractivity contribution in [3.8, 4) is 0 Å². The zero-order valence-corrected chi connectivity index (χ0v) is 12.0. The summed E-state index contributed by atoms with van der Waals surface area (Å²) in [5.74, 6) is 1.51. The fourth-order valence-electron chi connectivity index (χ4n) is 2.68. The summed E-state index contributed by atoms with van der Waals surface area (Å²) < 4.78 is 0. The summed E-state index contributed by atoms with van der Waals surface area (Å²) in [5, 5.41) is 3.49. The molecule has 0 bridgehead atoms. The first-order valence-electron chi connectivity index (χ1n) is 7.29. The highest BCUT2D eigenvalue weighted by molar-refractivity contribution is 5.55. The topological polar surface area (TPSA) is 67.1 Å². The molecule has 106 valence electrons. The van der Waals surface area contributed by atoms with Gasteiger partial charge in [-0.05, 0) is 39.3 Å². The summed E-state index contributed by atoms with van der Waals surface area (Å²) in [4.78, 5) is 10.9. The van der Waals surface area contributed by atoms with E-state index in [4.69, 9.17) is 5.73 Å². The maximum absolute atomic E-state index is 5.95. The lowest BCUT2D eigenvalue weighted by Gasteiger charge is -2.22. The molecule has 2 heterocycles. The highest BCUT2D eigenvalue weighted by atomic mass is 15.2. The van der Waals surface area contributed by atoms with Crippen LogP contribution in [0.1, 0.15) is 38.7 Å². The van der Waals surface area contributed by atoms with Gasteiger partial charge >= 0.3 is 0 Å². The Hall–Kier alpha value is -1.36. The smallest absolute Gasteiger partial charge is 0.134 e. The molecule has 1 aliphatic heterocycles. The largest absolute Gasteiger partial charge is 0.383 e. The van der Waals surface area contributed by atoms with E-state index >= 15 is 0 Å². The van der Waals surface area contributed by atoms with Crippen LogP contribution in [0.4, 0.5) is 11.6 Å². The van der Waals surface area contributed by atoms with Gasteiger partial charge < -0.3 is 16.0 Å². The molecule has 0 saturated carbocycles. The molecular weight excluding hydrogens is 238 g/mol. The summed E-state index contributed by atoms with van der Waals surface area (Å²) in [5.41, 5.74) is 7.00. The van der Waals surface area contributed by atoms with E-state index in [0.717, 1.165) is 30.8 Å². The molecule has 1 aromatic heterocycles. The number of hydrogen-bond acceptors (Lipinski definition) is 5. The summed E-state index contributed by atoms with van der Waals surface area (Å²) in [7, 11) is 0. The second kappa shape index (κ2) is 6.70. The van der Waals surface area contributed by atoms with E-state index in [1.807, 2.05) is 0 Å². The molecule has 0 spiro atoms. The van der Waals surface area contributed by atoms with Gasteiger partial charge in [0.05, 0.1) is 0 Å². The third kappa shape index (κ3) is 3.80. The standard InChI is InChI=1S/C14H25N5/c1-3-6-12-13(15)16-10-17-14(12)18-11(2)9-19-7-4-5-8-19/h10-11H,3-9H2,1-2H3,(H3,15,16,17,18). The predicted molar refractivity (Wildman–Crippen MR) is 79.2 cm³/mol. The van der Waals surface area contributed by atoms with Gasteiger partial charge in [-0.1, -0.05) is 13.3 Å². The van der Waals surface area contributed by atoms with E-state index in [1.165, 1.54) is 25.9 Å². The van der Waals surface area contributed by atoms with Crippen molar-refractivity contribution in [3.05, 3.63) is 11.9 Å². The molecule has 3 N–H and O–H groups in total. The van der Waals surface area contributed by atoms with E-state index < -0.39 is 0 Å². The molecule has 2 rings (SSSR count). The van der Waals surface area contributed by atoms with Gasteiger partial charge in [-0.2, -0.15) is 0 Å². The number of aromatic nitrogens is 2. The first-order chi connectivity index (χ1) is 9.20. The number of rotatable bonds is 6. The van der Waals surface area contributed by atoms with Crippen molar-refractivity contribution in [1.29, 1.82) is 0 Å². The quantitative estimate of drug-likeness (QED) is 0.820. The summed E-state index contributed by atoms with van der Waals surface area (Å²) in [6, 6.07) is 0.378. The number of nitrogens with one attached hydrogen (secondary N) is 1. The van der Waals surface area contributed by atoms with Crippen molar-refractivity contribution in [2.45, 2.75) is 45.6 Å². The number of anilines is 2. The second-order valence-electron chi connectivity index (χ2n) is 5.39. The molecule has 0 aromatic carbocycles. The Balaban J connectivity index is 1.98. The van der Waals surface area contributed by atoms with E-state index in [-0.39, 0.29) is 0 Å². The number of likely N-dealkylation sites (tertiary alicyclic amines) is 1. The summed E-state index contributed by atoms with van der Waals surface area (Å²) in [6.45, 7) is 7.85. The van der Waals surface area contributed by atoms with Crippen molar-refractivity contribution in [3.63, 3.8) is 0 Å². The van der Waals surface area contributed by atoms with Crippen molar-refractivity contribution in [1.82, 2.24) is 14.9 Å². The van der Waals surface area contributed by atoms with Crippen molar-refractivity contribution < 1.29 is 0 Å². The highest BCUT2D eigenvalue weighted by Gasteiger charge is 2.16. The third-order valence-corrected chi connectivity index (χ3v) is 3.59. The molecule has 1 unspecified atom stereocenters. The molecule has 0 radical (unpaired) electrons. The number of nitrogen functional groups attached to an aromatic ring is 1. The highest BCUT2D eigenvalue weighted by Crippen LogP contribution is 2.20. The molecule has 1 fully saturated rings. The van der Waals surface area contributed by atoms with Crippen molar-refractivity contribution in [2.75, 3.05) is 30.7 Å². The molecule has 1 aliphatic rings. The van der Waals surface area contributed by atoms with Crippen LogP contribution in [0.2, 0.25) is 0 Å². The minimum atomic E-state index is 0.378. The maximum Gasteiger partial charge on any atom is 0.134 e. The summed E-state index contributed by atoms with van der Waals surface area (Å²) in [6.07, 6.45) is 6.17. The maximum atomic E-state index is 5.95. The second-order valence-corrected chi connectivity index (χ2v) is 5.39. The summed E-state index contributed by atoms with van der Waals surface area (Å²) >= 11 is 0. The average molecular weight is 263 g/mol. The Bertz CT molecular complexity index is 401. The van der Waals surface area contributed by atoms with Crippen LogP contribution in [0.25, 0.3) is 0 Å². The van der Waals surface area contributed by atoms with E-state index in [1.54, 1.807) is 6.33 Å². The van der Waals surface area contributed by atoms with Gasteiger partial charge in [0.2, 0.25) is 0 Å². The molecule has 1 saturated heterocycles. The molecular formula is C14H25N5. The third-order valence-electron chi connectivity index (χ3n) is 3.59. The van der Waals surface area contributed by atoms with Crippen LogP contribution < -0.4 is 11.1 Å². The molecule has 0 aliphatic carbocycles. The van der Waals surface area contributed by atoms with Crippen molar-refractivity contribution >= 4 is 11.6 Å². The van der Waals surface area contributed by atoms with Crippen LogP contribution in [0.5, 0.6) is 0 Å². The van der Waals surface area contributed by atoms with Crippen LogP contribution in [0.15, 0.2) is 6.33 Å². The van der Waals surface area contributed by atoms with Crippen LogP contribution in [0.3, 0.4) is 0 Å². The first-order valence-corrected chi connectivity index (χ1v) is 7.29. The normalized spacial score (nSPS) is 17.6. The Labute approximate surface area is 115 Å². The fourth-order valence-corrected chi connectivity index (χ4v) is 2.68. The molecule has 5 nitrogen and oxygen atoms in total. The van der Waals surface area contributed by atoms with E-state index in [2.05, 4.69) is 34.0 Å². The SMILES string of the molecule is CCCc1c(N)ncnc1NC(C)CN1CCCC1. The van der Waals surface area contributed by atoms with Crippen LogP contribution in [-0.4, -0.2) is 40.5 Å². The Kier molecular flexibility index (Phi) is 4.96. The van der Waals surface area contributed by atoms with Gasteiger partial charge in [0, 0.05) is 18.2 Å². The lowest BCUT2D eigenvalue weighted by atomic mass is 10.1. The van der Waals surface area contributed by atoms with Crippen LogP contribution in [0, 0.1) is 0 Å². The number of nitrogens with two attached hydrogens (primary N) is 1. The van der Waals surface area contributed by atoms with E-state index in [0.29, 0.717) is 11.9 Å². The number of nitrogens with zero attached hydrogens (tertiary/aromatic N) is 3. The van der Waals surface area contributed by atoms with Crippen LogP contribution >= 0.6 is 0 Å². The lowest BCUT2D eigenvalue weighted by Crippen LogP contribution is -2.33. The lowest BCUT2D eigenvalue weighted by molar-refractivity contribution is 0.327. The van der Waals surface area contributed by atoms with Gasteiger partial charge in [0.15, 0.2) is 0 Å². The van der Waals surface area contributed by atoms with E-state index in [9.17, 15) is 0 Å². The Morgan fingerprint density at radius 2 is 2.11 bits per heavy atom. The van der Waals surface area contributed by atoms with Crippen LogP contribution in [-0.2, 0) is 6.42 Å². The molecule has 0 amide bonds.